The fourth-order valence-corrected chi connectivity index (χ4v) is 6.28. The van der Waals surface area contributed by atoms with Gasteiger partial charge in [0.1, 0.15) is 5.69 Å². The lowest BCUT2D eigenvalue weighted by molar-refractivity contribution is 0.0798. The third-order valence-corrected chi connectivity index (χ3v) is 8.26. The van der Waals surface area contributed by atoms with Gasteiger partial charge >= 0.3 is 0 Å². The molecule has 2 aromatic carbocycles. The fraction of sp³-hybridized carbons (Fsp3) is 0.500. The first kappa shape index (κ1) is 23.2. The van der Waals surface area contributed by atoms with Crippen molar-refractivity contribution in [3.05, 3.63) is 58.2 Å². The molecule has 0 saturated heterocycles. The van der Waals surface area contributed by atoms with E-state index < -0.39 is 5.72 Å². The van der Waals surface area contributed by atoms with E-state index >= 15 is 0 Å². The number of nitrogens with zero attached hydrogens (tertiary/aromatic N) is 3. The average Bonchev–Trinajstić information content (AvgIpc) is 3.01. The highest BCUT2D eigenvalue weighted by Crippen LogP contribution is 2.56. The molecular formula is C30H39N3O. The maximum atomic E-state index is 7.23. The Hall–Kier alpha value is -2.59. The maximum absolute atomic E-state index is 7.23. The summed E-state index contributed by atoms with van der Waals surface area (Å²) in [7, 11) is 2.17. The molecule has 0 saturated carbocycles. The van der Waals surface area contributed by atoms with Crippen LogP contribution < -0.4 is 9.64 Å². The number of hydrogen-bond acceptors (Lipinski definition) is 4. The summed E-state index contributed by atoms with van der Waals surface area (Å²) < 4.78 is 7.23. The molecule has 0 radical (unpaired) electrons. The number of aliphatic imine (C=N–C) groups is 1. The van der Waals surface area contributed by atoms with E-state index in [4.69, 9.17) is 9.73 Å². The Balaban J connectivity index is 1.67. The third kappa shape index (κ3) is 3.25. The van der Waals surface area contributed by atoms with Gasteiger partial charge in [-0.15, -0.1) is 0 Å². The van der Waals surface area contributed by atoms with Gasteiger partial charge in [0, 0.05) is 30.4 Å². The summed E-state index contributed by atoms with van der Waals surface area (Å²) in [5.74, 6) is 0.962. The Morgan fingerprint density at radius 1 is 1.12 bits per heavy atom. The van der Waals surface area contributed by atoms with Crippen molar-refractivity contribution in [1.29, 1.82) is 0 Å². The first-order chi connectivity index (χ1) is 16.4. The molecule has 4 heteroatoms. The van der Waals surface area contributed by atoms with Gasteiger partial charge in [-0.25, -0.2) is 0 Å². The number of allylic oxidation sites excluding steroid dienone is 1. The smallest absolute Gasteiger partial charge is 0.228 e. The van der Waals surface area contributed by atoms with Gasteiger partial charge < -0.3 is 9.64 Å². The second kappa shape index (κ2) is 8.57. The van der Waals surface area contributed by atoms with Crippen molar-refractivity contribution < 1.29 is 4.74 Å². The molecular weight excluding hydrogens is 418 g/mol. The molecule has 2 aromatic rings. The van der Waals surface area contributed by atoms with Crippen LogP contribution in [0.4, 0.5) is 11.4 Å². The molecule has 2 heterocycles. The number of fused-ring (bicyclic) bond motifs is 4. The van der Waals surface area contributed by atoms with E-state index in [1.165, 1.54) is 33.5 Å². The highest BCUT2D eigenvalue weighted by molar-refractivity contribution is 5.91. The summed E-state index contributed by atoms with van der Waals surface area (Å²) in [6, 6.07) is 9.11. The summed E-state index contributed by atoms with van der Waals surface area (Å²) in [6.45, 7) is 14.3. The molecule has 0 aromatic heterocycles. The molecule has 3 aliphatic rings. The molecule has 1 aliphatic carbocycles. The Labute approximate surface area is 205 Å². The SMILES string of the molecule is CCCc1cccc2c1C(C)(C)C1(C=Nc3c4c(cc(CN(CC)CC)c3O1)CCC=C4)N2C. The zero-order chi connectivity index (χ0) is 24.1. The fourth-order valence-electron chi connectivity index (χ4n) is 6.28. The zero-order valence-electron chi connectivity index (χ0n) is 21.7. The monoisotopic (exact) mass is 457 g/mol. The van der Waals surface area contributed by atoms with Crippen LogP contribution in [0.5, 0.6) is 5.75 Å². The van der Waals surface area contributed by atoms with E-state index in [0.29, 0.717) is 0 Å². The van der Waals surface area contributed by atoms with Crippen molar-refractivity contribution in [2.45, 2.75) is 78.0 Å². The van der Waals surface area contributed by atoms with Crippen LogP contribution >= 0.6 is 0 Å². The third-order valence-electron chi connectivity index (χ3n) is 8.26. The Morgan fingerprint density at radius 3 is 2.65 bits per heavy atom. The Morgan fingerprint density at radius 2 is 1.91 bits per heavy atom. The van der Waals surface area contributed by atoms with E-state index in [-0.39, 0.29) is 5.41 Å². The first-order valence-electron chi connectivity index (χ1n) is 13.1. The van der Waals surface area contributed by atoms with E-state index in [0.717, 1.165) is 56.8 Å². The van der Waals surface area contributed by atoms with E-state index in [1.54, 1.807) is 0 Å². The Kier molecular flexibility index (Phi) is 5.84. The van der Waals surface area contributed by atoms with E-state index in [2.05, 4.69) is 94.1 Å². The second-order valence-electron chi connectivity index (χ2n) is 10.5. The largest absolute Gasteiger partial charge is 0.459 e. The zero-order valence-corrected chi connectivity index (χ0v) is 21.7. The van der Waals surface area contributed by atoms with Gasteiger partial charge in [-0.2, -0.15) is 0 Å². The van der Waals surface area contributed by atoms with Crippen LogP contribution in [0.15, 0.2) is 35.3 Å². The normalized spacial score (nSPS) is 21.6. The molecule has 1 atom stereocenters. The molecule has 0 N–H and O–H groups in total. The summed E-state index contributed by atoms with van der Waals surface area (Å²) in [4.78, 5) is 9.99. The van der Waals surface area contributed by atoms with Crippen molar-refractivity contribution in [1.82, 2.24) is 4.90 Å². The number of ether oxygens (including phenoxy) is 1. The number of hydrogen-bond donors (Lipinski definition) is 0. The molecule has 0 fully saturated rings. The van der Waals surface area contributed by atoms with Crippen LogP contribution in [0.1, 0.15) is 75.3 Å². The molecule has 180 valence electrons. The van der Waals surface area contributed by atoms with Crippen LogP contribution in [0.25, 0.3) is 6.08 Å². The minimum absolute atomic E-state index is 0.248. The predicted octanol–water partition coefficient (Wildman–Crippen LogP) is 6.66. The summed E-state index contributed by atoms with van der Waals surface area (Å²) in [5, 5.41) is 0. The average molecular weight is 458 g/mol. The van der Waals surface area contributed by atoms with Crippen LogP contribution in [-0.2, 0) is 24.8 Å². The van der Waals surface area contributed by atoms with Crippen molar-refractivity contribution in [2.24, 2.45) is 4.99 Å². The van der Waals surface area contributed by atoms with Crippen molar-refractivity contribution >= 4 is 23.7 Å². The van der Waals surface area contributed by atoms with Gasteiger partial charge in [-0.1, -0.05) is 57.5 Å². The molecule has 0 bridgehead atoms. The highest BCUT2D eigenvalue weighted by Gasteiger charge is 2.59. The van der Waals surface area contributed by atoms with Crippen LogP contribution in [0.3, 0.4) is 0 Å². The molecule has 1 unspecified atom stereocenters. The number of anilines is 1. The highest BCUT2D eigenvalue weighted by atomic mass is 16.5. The maximum Gasteiger partial charge on any atom is 0.228 e. The van der Waals surface area contributed by atoms with Gasteiger partial charge in [0.25, 0.3) is 0 Å². The number of rotatable bonds is 6. The lowest BCUT2D eigenvalue weighted by atomic mass is 9.75. The van der Waals surface area contributed by atoms with Gasteiger partial charge in [0.05, 0.1) is 11.6 Å². The van der Waals surface area contributed by atoms with Crippen molar-refractivity contribution in [2.75, 3.05) is 25.0 Å². The second-order valence-corrected chi connectivity index (χ2v) is 10.5. The minimum atomic E-state index is -0.656. The van der Waals surface area contributed by atoms with E-state index in [9.17, 15) is 0 Å². The number of benzene rings is 2. The summed E-state index contributed by atoms with van der Waals surface area (Å²) >= 11 is 0. The van der Waals surface area contributed by atoms with Crippen LogP contribution in [-0.4, -0.2) is 37.0 Å². The lowest BCUT2D eigenvalue weighted by Crippen LogP contribution is -2.61. The van der Waals surface area contributed by atoms with Crippen LogP contribution in [0, 0.1) is 0 Å². The summed E-state index contributed by atoms with van der Waals surface area (Å²) in [6.07, 6.45) is 11.0. The lowest BCUT2D eigenvalue weighted by Gasteiger charge is -2.46. The Bertz CT molecular complexity index is 1160. The molecule has 4 nitrogen and oxygen atoms in total. The van der Waals surface area contributed by atoms with Crippen molar-refractivity contribution in [3.8, 4) is 5.75 Å². The number of aryl methyl sites for hydroxylation is 2. The van der Waals surface area contributed by atoms with Gasteiger partial charge in [0.2, 0.25) is 5.72 Å². The van der Waals surface area contributed by atoms with Gasteiger partial charge in [-0.05, 0) is 69.0 Å². The summed E-state index contributed by atoms with van der Waals surface area (Å²) in [5.41, 5.74) is 8.08. The first-order valence-corrected chi connectivity index (χ1v) is 13.1. The minimum Gasteiger partial charge on any atom is -0.459 e. The number of likely N-dealkylation sites (N-methyl/N-ethyl adjacent to an activating group) is 1. The topological polar surface area (TPSA) is 28.1 Å². The van der Waals surface area contributed by atoms with Crippen LogP contribution in [0.2, 0.25) is 0 Å². The quantitative estimate of drug-likeness (QED) is 0.485. The van der Waals surface area contributed by atoms with Gasteiger partial charge in [0.15, 0.2) is 5.75 Å². The van der Waals surface area contributed by atoms with E-state index in [1.807, 2.05) is 0 Å². The van der Waals surface area contributed by atoms with Gasteiger partial charge in [-0.3, -0.25) is 9.89 Å². The molecule has 0 amide bonds. The molecule has 1 spiro atoms. The predicted molar refractivity (Wildman–Crippen MR) is 144 cm³/mol. The van der Waals surface area contributed by atoms with Crippen molar-refractivity contribution in [3.63, 3.8) is 0 Å². The molecule has 5 rings (SSSR count). The molecule has 34 heavy (non-hydrogen) atoms. The molecule has 2 aliphatic heterocycles. The standard InChI is InChI=1S/C30H39N3O/c1-7-13-21-15-12-17-25-26(21)29(4,5)30(32(25)6)20-31-27-24-16-11-10-14-22(24)18-23(28(27)34-30)19-33(8-2)9-3/h11-12,15-18,20H,7-10,13-14,19H2,1-6H3.